The highest BCUT2D eigenvalue weighted by Gasteiger charge is 2.00. The predicted molar refractivity (Wildman–Crippen MR) is 32.1 cm³/mol. The summed E-state index contributed by atoms with van der Waals surface area (Å²) >= 11 is 0. The highest BCUT2D eigenvalue weighted by Crippen LogP contribution is 1.79. The first-order valence-corrected chi connectivity index (χ1v) is 2.56. The standard InChI is InChI=1S/C5H11NO3/c1-6(4-9-2)3-5(7)8/h3-4H2,1-2H3,(H,7,8). The molecule has 4 nitrogen and oxygen atoms in total. The van der Waals surface area contributed by atoms with Crippen molar-refractivity contribution in [3.8, 4) is 0 Å². The Balaban J connectivity index is 3.26. The molecule has 0 heterocycles. The molecule has 0 unspecified atom stereocenters. The molecular weight excluding hydrogens is 122 g/mol. The van der Waals surface area contributed by atoms with Crippen molar-refractivity contribution in [3.05, 3.63) is 0 Å². The second-order valence-electron chi connectivity index (χ2n) is 1.83. The first-order chi connectivity index (χ1) is 4.16. The topological polar surface area (TPSA) is 49.8 Å². The van der Waals surface area contributed by atoms with Crippen LogP contribution in [0.3, 0.4) is 0 Å². The molecule has 0 aromatic carbocycles. The van der Waals surface area contributed by atoms with Crippen molar-refractivity contribution in [2.45, 2.75) is 0 Å². The van der Waals surface area contributed by atoms with Gasteiger partial charge in [-0.3, -0.25) is 9.69 Å². The normalized spacial score (nSPS) is 10.1. The molecule has 0 aromatic heterocycles. The fourth-order valence-electron chi connectivity index (χ4n) is 0.497. The summed E-state index contributed by atoms with van der Waals surface area (Å²) in [6, 6.07) is 0. The van der Waals surface area contributed by atoms with Gasteiger partial charge in [0.05, 0.1) is 13.3 Å². The van der Waals surface area contributed by atoms with Crippen LogP contribution < -0.4 is 0 Å². The van der Waals surface area contributed by atoms with Crippen LogP contribution in [0, 0.1) is 0 Å². The van der Waals surface area contributed by atoms with Crippen LogP contribution in [0.4, 0.5) is 0 Å². The van der Waals surface area contributed by atoms with Crippen LogP contribution in [0.1, 0.15) is 0 Å². The molecule has 0 aliphatic rings. The lowest BCUT2D eigenvalue weighted by molar-refractivity contribution is -0.139. The lowest BCUT2D eigenvalue weighted by Gasteiger charge is -2.10. The summed E-state index contributed by atoms with van der Waals surface area (Å²) in [4.78, 5) is 11.5. The summed E-state index contributed by atoms with van der Waals surface area (Å²) in [5.41, 5.74) is 0. The van der Waals surface area contributed by atoms with E-state index in [1.54, 1.807) is 11.9 Å². The lowest BCUT2D eigenvalue weighted by Crippen LogP contribution is -2.27. The Kier molecular flexibility index (Phi) is 4.00. The third-order valence-electron chi connectivity index (χ3n) is 0.755. The van der Waals surface area contributed by atoms with Gasteiger partial charge in [0, 0.05) is 7.11 Å². The first kappa shape index (κ1) is 8.39. The van der Waals surface area contributed by atoms with Crippen molar-refractivity contribution in [1.29, 1.82) is 0 Å². The van der Waals surface area contributed by atoms with E-state index in [4.69, 9.17) is 5.11 Å². The van der Waals surface area contributed by atoms with Gasteiger partial charge in [0.2, 0.25) is 0 Å². The predicted octanol–water partition coefficient (Wildman–Crippen LogP) is -0.393. The van der Waals surface area contributed by atoms with Gasteiger partial charge in [0.25, 0.3) is 0 Å². The molecule has 0 aliphatic heterocycles. The first-order valence-electron chi connectivity index (χ1n) is 2.56. The van der Waals surface area contributed by atoms with Gasteiger partial charge in [-0.2, -0.15) is 0 Å². The van der Waals surface area contributed by atoms with E-state index in [9.17, 15) is 4.79 Å². The van der Waals surface area contributed by atoms with E-state index < -0.39 is 5.97 Å². The van der Waals surface area contributed by atoms with Crippen molar-refractivity contribution in [2.24, 2.45) is 0 Å². The molecule has 0 amide bonds. The van der Waals surface area contributed by atoms with Gasteiger partial charge in [-0.05, 0) is 7.05 Å². The molecule has 0 aromatic rings. The molecule has 9 heavy (non-hydrogen) atoms. The number of hydrogen-bond acceptors (Lipinski definition) is 3. The minimum atomic E-state index is -0.838. The average molecular weight is 133 g/mol. The highest BCUT2D eigenvalue weighted by molar-refractivity contribution is 5.68. The Hall–Kier alpha value is -0.610. The third-order valence-corrected chi connectivity index (χ3v) is 0.755. The Morgan fingerprint density at radius 2 is 2.33 bits per heavy atom. The molecule has 0 atom stereocenters. The minimum Gasteiger partial charge on any atom is -0.480 e. The largest absolute Gasteiger partial charge is 0.480 e. The van der Waals surface area contributed by atoms with Crippen LogP contribution in [0.5, 0.6) is 0 Å². The number of carboxylic acids is 1. The second kappa shape index (κ2) is 4.29. The van der Waals surface area contributed by atoms with E-state index in [2.05, 4.69) is 4.74 Å². The van der Waals surface area contributed by atoms with Gasteiger partial charge in [0.1, 0.15) is 0 Å². The maximum Gasteiger partial charge on any atom is 0.317 e. The fourth-order valence-corrected chi connectivity index (χ4v) is 0.497. The third kappa shape index (κ3) is 5.26. The molecule has 0 aliphatic carbocycles. The highest BCUT2D eigenvalue weighted by atomic mass is 16.5. The van der Waals surface area contributed by atoms with E-state index in [1.807, 2.05) is 0 Å². The SMILES string of the molecule is COCN(C)CC(=O)O. The molecule has 1 N–H and O–H groups in total. The van der Waals surface area contributed by atoms with E-state index in [1.165, 1.54) is 7.11 Å². The van der Waals surface area contributed by atoms with Crippen LogP contribution in [-0.4, -0.2) is 43.4 Å². The quantitative estimate of drug-likeness (QED) is 0.530. The average Bonchev–Trinajstić information content (AvgIpc) is 1.63. The van der Waals surface area contributed by atoms with Crippen LogP contribution in [0.15, 0.2) is 0 Å². The molecule has 0 bridgehead atoms. The molecule has 0 radical (unpaired) electrons. The Morgan fingerprint density at radius 1 is 1.78 bits per heavy atom. The summed E-state index contributed by atoms with van der Waals surface area (Å²) in [6.07, 6.45) is 0. The number of nitrogens with zero attached hydrogens (tertiary/aromatic N) is 1. The maximum absolute atomic E-state index is 9.99. The van der Waals surface area contributed by atoms with Gasteiger partial charge in [-0.1, -0.05) is 0 Å². The number of aliphatic carboxylic acids is 1. The molecule has 4 heteroatoms. The van der Waals surface area contributed by atoms with Gasteiger partial charge in [-0.25, -0.2) is 0 Å². The molecule has 0 saturated heterocycles. The zero-order valence-electron chi connectivity index (χ0n) is 5.63. The summed E-state index contributed by atoms with van der Waals surface area (Å²) in [7, 11) is 3.20. The Labute approximate surface area is 54.0 Å². The second-order valence-corrected chi connectivity index (χ2v) is 1.83. The Bertz CT molecular complexity index is 94.2. The Morgan fingerprint density at radius 3 is 2.67 bits per heavy atom. The van der Waals surface area contributed by atoms with Crippen molar-refractivity contribution in [1.82, 2.24) is 4.90 Å². The van der Waals surface area contributed by atoms with Crippen LogP contribution in [-0.2, 0) is 9.53 Å². The number of ether oxygens (including phenoxy) is 1. The van der Waals surface area contributed by atoms with Crippen molar-refractivity contribution >= 4 is 5.97 Å². The van der Waals surface area contributed by atoms with Gasteiger partial charge < -0.3 is 9.84 Å². The number of carbonyl (C=O) groups is 1. The smallest absolute Gasteiger partial charge is 0.317 e. The van der Waals surface area contributed by atoms with Crippen LogP contribution >= 0.6 is 0 Å². The van der Waals surface area contributed by atoms with E-state index >= 15 is 0 Å². The summed E-state index contributed by atoms with van der Waals surface area (Å²) in [5, 5.41) is 8.21. The molecule has 0 fully saturated rings. The monoisotopic (exact) mass is 133 g/mol. The van der Waals surface area contributed by atoms with Crippen LogP contribution in [0.2, 0.25) is 0 Å². The zero-order valence-corrected chi connectivity index (χ0v) is 5.63. The van der Waals surface area contributed by atoms with Gasteiger partial charge in [0.15, 0.2) is 0 Å². The van der Waals surface area contributed by atoms with Crippen molar-refractivity contribution < 1.29 is 14.6 Å². The lowest BCUT2D eigenvalue weighted by atomic mass is 10.6. The summed E-state index contributed by atoms with van der Waals surface area (Å²) < 4.78 is 4.67. The number of carboxylic acid groups (broad SMARTS) is 1. The molecular formula is C5H11NO3. The molecule has 54 valence electrons. The van der Waals surface area contributed by atoms with E-state index in [0.29, 0.717) is 6.73 Å². The summed E-state index contributed by atoms with van der Waals surface area (Å²) in [6.45, 7) is 0.375. The number of likely N-dealkylation sites (N-methyl/N-ethyl adjacent to an activating group) is 1. The van der Waals surface area contributed by atoms with Gasteiger partial charge in [-0.15, -0.1) is 0 Å². The zero-order chi connectivity index (χ0) is 7.28. The maximum atomic E-state index is 9.99. The summed E-state index contributed by atoms with van der Waals surface area (Å²) in [5.74, 6) is -0.838. The molecule has 0 rings (SSSR count). The van der Waals surface area contributed by atoms with Crippen molar-refractivity contribution in [2.75, 3.05) is 27.4 Å². The number of methoxy groups -OCH3 is 1. The number of rotatable bonds is 4. The molecule has 0 saturated carbocycles. The number of hydrogen-bond donors (Lipinski definition) is 1. The minimum absolute atomic E-state index is 0.0217. The van der Waals surface area contributed by atoms with E-state index in [0.717, 1.165) is 0 Å². The van der Waals surface area contributed by atoms with Gasteiger partial charge >= 0.3 is 5.97 Å². The molecule has 0 spiro atoms. The van der Waals surface area contributed by atoms with Crippen molar-refractivity contribution in [3.63, 3.8) is 0 Å². The fraction of sp³-hybridized carbons (Fsp3) is 0.800. The van der Waals surface area contributed by atoms with E-state index in [-0.39, 0.29) is 6.54 Å². The van der Waals surface area contributed by atoms with Crippen LogP contribution in [0.25, 0.3) is 0 Å².